The predicted molar refractivity (Wildman–Crippen MR) is 113 cm³/mol. The van der Waals surface area contributed by atoms with Crippen LogP contribution in [0.15, 0.2) is 30.3 Å². The summed E-state index contributed by atoms with van der Waals surface area (Å²) >= 11 is 0. The first-order chi connectivity index (χ1) is 12.7. The van der Waals surface area contributed by atoms with Gasteiger partial charge in [-0.25, -0.2) is 4.68 Å². The Morgan fingerprint density at radius 3 is 2.54 bits per heavy atom. The second kappa shape index (κ2) is 8.23. The Kier molecular flexibility index (Phi) is 6.58. The van der Waals surface area contributed by atoms with Crippen molar-refractivity contribution in [3.05, 3.63) is 47.3 Å². The Hall–Kier alpha value is -1.89. The maximum Gasteiger partial charge on any atom is 0.241 e. The van der Waals surface area contributed by atoms with Crippen LogP contribution in [0, 0.1) is 19.3 Å². The van der Waals surface area contributed by atoms with E-state index in [0.29, 0.717) is 19.6 Å². The second-order valence-electron chi connectivity index (χ2n) is 7.92. The van der Waals surface area contributed by atoms with E-state index in [1.807, 2.05) is 69.6 Å². The van der Waals surface area contributed by atoms with Crippen molar-refractivity contribution in [1.29, 1.82) is 0 Å². The number of rotatable bonds is 6. The zero-order chi connectivity index (χ0) is 19.8. The van der Waals surface area contributed by atoms with Gasteiger partial charge in [0.05, 0.1) is 17.5 Å². The molecule has 154 valence electrons. The molecular weight excluding hydrogens is 376 g/mol. The normalized spacial score (nSPS) is 22.9. The van der Waals surface area contributed by atoms with Crippen molar-refractivity contribution in [3.8, 4) is 5.69 Å². The number of carbonyl (C=O) groups is 1. The summed E-state index contributed by atoms with van der Waals surface area (Å²) in [5.41, 5.74) is 9.11. The number of aryl methyl sites for hydroxylation is 1. The molecule has 2 atom stereocenters. The maximum atomic E-state index is 12.9. The number of hydrogen-bond acceptors (Lipinski definition) is 4. The van der Waals surface area contributed by atoms with E-state index in [9.17, 15) is 4.79 Å². The summed E-state index contributed by atoms with van der Waals surface area (Å²) < 4.78 is 7.63. The highest BCUT2D eigenvalue weighted by atomic mass is 35.5. The first-order valence-corrected chi connectivity index (χ1v) is 9.51. The van der Waals surface area contributed by atoms with E-state index in [1.165, 1.54) is 0 Å². The number of amides is 1. The number of hydrogen-bond donors (Lipinski definition) is 2. The third-order valence-corrected chi connectivity index (χ3v) is 6.10. The lowest BCUT2D eigenvalue weighted by Gasteiger charge is -2.57. The highest BCUT2D eigenvalue weighted by Gasteiger charge is 2.62. The molecule has 1 saturated carbocycles. The molecule has 1 aliphatic carbocycles. The number of para-hydroxylation sites is 1. The first-order valence-electron chi connectivity index (χ1n) is 9.51. The van der Waals surface area contributed by atoms with Gasteiger partial charge in [0.15, 0.2) is 0 Å². The Morgan fingerprint density at radius 1 is 1.32 bits per heavy atom. The molecule has 0 spiro atoms. The molecule has 1 aliphatic rings. The number of aromatic nitrogens is 2. The Labute approximate surface area is 173 Å². The summed E-state index contributed by atoms with van der Waals surface area (Å²) in [4.78, 5) is 12.9. The number of nitrogens with two attached hydrogens (primary N) is 1. The monoisotopic (exact) mass is 406 g/mol. The molecule has 0 bridgehead atoms. The minimum Gasteiger partial charge on any atom is -0.378 e. The lowest BCUT2D eigenvalue weighted by atomic mass is 9.54. The van der Waals surface area contributed by atoms with Crippen LogP contribution < -0.4 is 11.1 Å². The van der Waals surface area contributed by atoms with E-state index < -0.39 is 11.0 Å². The van der Waals surface area contributed by atoms with E-state index in [2.05, 4.69) is 10.4 Å². The quantitative estimate of drug-likeness (QED) is 0.772. The van der Waals surface area contributed by atoms with Crippen LogP contribution in [0.1, 0.15) is 44.1 Å². The van der Waals surface area contributed by atoms with E-state index in [1.54, 1.807) is 0 Å². The number of ether oxygens (including phenoxy) is 1. The topological polar surface area (TPSA) is 82.2 Å². The highest BCUT2D eigenvalue weighted by molar-refractivity contribution is 5.88. The van der Waals surface area contributed by atoms with Crippen molar-refractivity contribution >= 4 is 18.3 Å². The van der Waals surface area contributed by atoms with Crippen LogP contribution >= 0.6 is 12.4 Å². The molecule has 3 N–H and O–H groups in total. The number of nitrogens with zero attached hydrogens (tertiary/aromatic N) is 2. The fourth-order valence-electron chi connectivity index (χ4n) is 3.90. The molecule has 3 rings (SSSR count). The van der Waals surface area contributed by atoms with Gasteiger partial charge < -0.3 is 15.8 Å². The molecule has 6 nitrogen and oxygen atoms in total. The molecule has 0 radical (unpaired) electrons. The molecule has 7 heteroatoms. The molecule has 28 heavy (non-hydrogen) atoms. The fraction of sp³-hybridized carbons (Fsp3) is 0.524. The van der Waals surface area contributed by atoms with Gasteiger partial charge in [0.25, 0.3) is 0 Å². The Morgan fingerprint density at radius 2 is 1.96 bits per heavy atom. The van der Waals surface area contributed by atoms with Gasteiger partial charge in [-0.3, -0.25) is 4.79 Å². The molecular formula is C21H31ClN4O2. The van der Waals surface area contributed by atoms with Crippen LogP contribution in [0.4, 0.5) is 0 Å². The fourth-order valence-corrected chi connectivity index (χ4v) is 3.90. The summed E-state index contributed by atoms with van der Waals surface area (Å²) in [6.07, 6.45) is 0.559. The zero-order valence-corrected chi connectivity index (χ0v) is 18.1. The van der Waals surface area contributed by atoms with Crippen LogP contribution in [-0.4, -0.2) is 33.9 Å². The Balaban J connectivity index is 0.00000280. The summed E-state index contributed by atoms with van der Waals surface area (Å²) in [5.74, 6) is -0.130. The molecule has 1 heterocycles. The molecule has 1 amide bonds. The van der Waals surface area contributed by atoms with E-state index >= 15 is 0 Å². The number of halogens is 1. The van der Waals surface area contributed by atoms with Crippen LogP contribution in [0.3, 0.4) is 0 Å². The van der Waals surface area contributed by atoms with Gasteiger partial charge in [0.2, 0.25) is 5.91 Å². The van der Waals surface area contributed by atoms with Crippen molar-refractivity contribution in [2.45, 2.75) is 59.2 Å². The third-order valence-electron chi connectivity index (χ3n) is 6.10. The van der Waals surface area contributed by atoms with Crippen LogP contribution in [0.2, 0.25) is 0 Å². The molecule has 1 aromatic heterocycles. The van der Waals surface area contributed by atoms with Crippen molar-refractivity contribution in [2.24, 2.45) is 11.1 Å². The van der Waals surface area contributed by atoms with Crippen LogP contribution in [-0.2, 0) is 16.1 Å². The van der Waals surface area contributed by atoms with E-state index in [0.717, 1.165) is 22.6 Å². The van der Waals surface area contributed by atoms with Gasteiger partial charge in [-0.2, -0.15) is 5.10 Å². The maximum absolute atomic E-state index is 12.9. The molecule has 2 unspecified atom stereocenters. The average molecular weight is 407 g/mol. The first kappa shape index (κ1) is 22.4. The van der Waals surface area contributed by atoms with Crippen molar-refractivity contribution < 1.29 is 9.53 Å². The molecule has 0 saturated heterocycles. The SMILES string of the molecule is CCOC1CC(N)(C(=O)NCc2c(C)nn(-c3ccccc3)c2C)C1(C)C.Cl. The summed E-state index contributed by atoms with van der Waals surface area (Å²) in [6, 6.07) is 9.98. The van der Waals surface area contributed by atoms with Gasteiger partial charge in [-0.15, -0.1) is 12.4 Å². The minimum atomic E-state index is -0.913. The minimum absolute atomic E-state index is 0. The molecule has 0 aliphatic heterocycles. The van der Waals surface area contributed by atoms with Gasteiger partial charge in [-0.1, -0.05) is 32.0 Å². The van der Waals surface area contributed by atoms with Gasteiger partial charge >= 0.3 is 0 Å². The largest absolute Gasteiger partial charge is 0.378 e. The summed E-state index contributed by atoms with van der Waals surface area (Å²) in [6.45, 7) is 11.0. The van der Waals surface area contributed by atoms with Gasteiger partial charge in [0, 0.05) is 36.2 Å². The lowest BCUT2D eigenvalue weighted by Crippen LogP contribution is -2.75. The molecule has 1 aromatic carbocycles. The summed E-state index contributed by atoms with van der Waals surface area (Å²) in [7, 11) is 0. The zero-order valence-electron chi connectivity index (χ0n) is 17.3. The third kappa shape index (κ3) is 3.56. The number of nitrogens with one attached hydrogen (secondary N) is 1. The lowest BCUT2D eigenvalue weighted by molar-refractivity contribution is -0.170. The summed E-state index contributed by atoms with van der Waals surface area (Å²) in [5, 5.41) is 7.67. The second-order valence-corrected chi connectivity index (χ2v) is 7.92. The van der Waals surface area contributed by atoms with Crippen molar-refractivity contribution in [3.63, 3.8) is 0 Å². The van der Waals surface area contributed by atoms with Gasteiger partial charge in [0.1, 0.15) is 5.54 Å². The predicted octanol–water partition coefficient (Wildman–Crippen LogP) is 3.06. The molecule has 2 aromatic rings. The number of benzene rings is 1. The van der Waals surface area contributed by atoms with Crippen molar-refractivity contribution in [1.82, 2.24) is 15.1 Å². The molecule has 1 fully saturated rings. The number of carbonyl (C=O) groups excluding carboxylic acids is 1. The van der Waals surface area contributed by atoms with E-state index in [4.69, 9.17) is 10.5 Å². The average Bonchev–Trinajstić information content (AvgIpc) is 2.94. The highest BCUT2D eigenvalue weighted by Crippen LogP contribution is 2.49. The van der Waals surface area contributed by atoms with Gasteiger partial charge in [-0.05, 0) is 32.9 Å². The van der Waals surface area contributed by atoms with E-state index in [-0.39, 0.29) is 24.4 Å². The van der Waals surface area contributed by atoms with Crippen LogP contribution in [0.5, 0.6) is 0 Å². The Bertz CT molecular complexity index is 834. The van der Waals surface area contributed by atoms with Crippen LogP contribution in [0.25, 0.3) is 5.69 Å². The standard InChI is InChI=1S/C21H30N4O2.ClH/c1-6-27-18-12-21(22,20(18,4)5)19(26)23-13-17-14(2)24-25(15(17)3)16-10-8-7-9-11-16;/h7-11,18H,6,12-13,22H2,1-5H3,(H,23,26);1H. The van der Waals surface area contributed by atoms with Crippen molar-refractivity contribution in [2.75, 3.05) is 6.61 Å². The smallest absolute Gasteiger partial charge is 0.241 e.